The van der Waals surface area contributed by atoms with E-state index < -0.39 is 0 Å². The summed E-state index contributed by atoms with van der Waals surface area (Å²) in [6.07, 6.45) is 5.00. The van der Waals surface area contributed by atoms with Crippen LogP contribution in [0.25, 0.3) is 0 Å². The first-order chi connectivity index (χ1) is 14.5. The van der Waals surface area contributed by atoms with Gasteiger partial charge in [-0.05, 0) is 48.1 Å². The molecule has 3 heteroatoms. The Kier molecular flexibility index (Phi) is 11.7. The van der Waals surface area contributed by atoms with Gasteiger partial charge >= 0.3 is 0 Å². The molecular weight excluding hydrogens is 366 g/mol. The number of fused-ring (bicyclic) bond motifs is 1. The van der Waals surface area contributed by atoms with E-state index in [0.717, 1.165) is 26.1 Å². The summed E-state index contributed by atoms with van der Waals surface area (Å²) in [7, 11) is 1.98. The van der Waals surface area contributed by atoms with Crippen molar-refractivity contribution in [2.45, 2.75) is 73.4 Å². The zero-order chi connectivity index (χ0) is 22.5. The minimum Gasteiger partial charge on any atom is -0.386 e. The van der Waals surface area contributed by atoms with E-state index in [9.17, 15) is 0 Å². The molecular formula is C27H43N3. The Morgan fingerprint density at radius 3 is 2.37 bits per heavy atom. The summed E-state index contributed by atoms with van der Waals surface area (Å²) < 4.78 is 0. The molecule has 3 nitrogen and oxygen atoms in total. The Bertz CT molecular complexity index is 764. The van der Waals surface area contributed by atoms with Gasteiger partial charge < -0.3 is 15.5 Å². The Morgan fingerprint density at radius 2 is 1.77 bits per heavy atom. The lowest BCUT2D eigenvalue weighted by Gasteiger charge is -2.32. The van der Waals surface area contributed by atoms with E-state index in [0.29, 0.717) is 5.82 Å². The predicted molar refractivity (Wildman–Crippen MR) is 134 cm³/mol. The number of benzene rings is 2. The average molecular weight is 410 g/mol. The number of unbranched alkanes of at least 4 members (excludes halogenated alkanes) is 1. The monoisotopic (exact) mass is 409 g/mol. The van der Waals surface area contributed by atoms with Crippen LogP contribution in [0, 0.1) is 6.92 Å². The molecule has 0 unspecified atom stereocenters. The molecule has 0 bridgehead atoms. The summed E-state index contributed by atoms with van der Waals surface area (Å²) in [5, 5.41) is 0. The highest BCUT2D eigenvalue weighted by atomic mass is 15.2. The van der Waals surface area contributed by atoms with Gasteiger partial charge in [0.05, 0.1) is 5.82 Å². The summed E-state index contributed by atoms with van der Waals surface area (Å²) in [6.45, 7) is 17.3. The fourth-order valence-corrected chi connectivity index (χ4v) is 3.36. The highest BCUT2D eigenvalue weighted by molar-refractivity contribution is 5.57. The summed E-state index contributed by atoms with van der Waals surface area (Å²) in [4.78, 5) is 4.49. The van der Waals surface area contributed by atoms with Crippen LogP contribution < -0.4 is 10.6 Å². The summed E-state index contributed by atoms with van der Waals surface area (Å²) >= 11 is 0. The van der Waals surface area contributed by atoms with Crippen molar-refractivity contribution in [1.29, 1.82) is 0 Å². The summed E-state index contributed by atoms with van der Waals surface area (Å²) in [6, 6.07) is 15.5. The number of nitrogens with two attached hydrogens (primary N) is 1. The number of rotatable bonds is 6. The van der Waals surface area contributed by atoms with Gasteiger partial charge in [-0.15, -0.1) is 0 Å². The van der Waals surface area contributed by atoms with Gasteiger partial charge in [-0.2, -0.15) is 0 Å². The zero-order valence-electron chi connectivity index (χ0n) is 20.2. The van der Waals surface area contributed by atoms with Crippen LogP contribution in [-0.2, 0) is 19.5 Å². The number of hydrogen-bond acceptors (Lipinski definition) is 3. The minimum absolute atomic E-state index is 0.605. The molecule has 0 aromatic heterocycles. The van der Waals surface area contributed by atoms with Gasteiger partial charge in [-0.25, -0.2) is 0 Å². The van der Waals surface area contributed by atoms with Crippen LogP contribution in [0.5, 0.6) is 0 Å². The summed E-state index contributed by atoms with van der Waals surface area (Å²) in [5.74, 6) is 0.605. The molecule has 2 aromatic rings. The van der Waals surface area contributed by atoms with Gasteiger partial charge in [-0.1, -0.05) is 83.5 Å². The quantitative estimate of drug-likeness (QED) is 0.580. The largest absolute Gasteiger partial charge is 0.386 e. The normalized spacial score (nSPS) is 12.0. The van der Waals surface area contributed by atoms with Gasteiger partial charge in [-0.3, -0.25) is 0 Å². The maximum absolute atomic E-state index is 5.77. The second-order valence-corrected chi connectivity index (χ2v) is 7.76. The molecule has 2 aromatic carbocycles. The number of hydrogen-bond donors (Lipinski definition) is 1. The number of anilines is 1. The second-order valence-electron chi connectivity index (χ2n) is 7.76. The third-order valence-electron chi connectivity index (χ3n) is 5.39. The SMILES string of the molecule is C=C(N)N(C)Cc1ccc2c(c1)CCCN2Cc1ccccc1C.CC.CCCC. The van der Waals surface area contributed by atoms with Crippen LogP contribution in [0.15, 0.2) is 54.9 Å². The molecule has 1 heterocycles. The van der Waals surface area contributed by atoms with Crippen molar-refractivity contribution in [1.82, 2.24) is 4.90 Å². The lowest BCUT2D eigenvalue weighted by atomic mass is 9.98. The summed E-state index contributed by atoms with van der Waals surface area (Å²) in [5.41, 5.74) is 12.7. The Balaban J connectivity index is 0.000000673. The Hall–Kier alpha value is -2.42. The molecule has 0 spiro atoms. The molecule has 2 N–H and O–H groups in total. The van der Waals surface area contributed by atoms with Crippen LogP contribution in [-0.4, -0.2) is 18.5 Å². The molecule has 0 fully saturated rings. The van der Waals surface area contributed by atoms with Gasteiger partial charge in [0.25, 0.3) is 0 Å². The lowest BCUT2D eigenvalue weighted by Crippen LogP contribution is -2.29. The maximum atomic E-state index is 5.77. The van der Waals surface area contributed by atoms with E-state index in [1.807, 2.05) is 25.8 Å². The lowest BCUT2D eigenvalue weighted by molar-refractivity contribution is 0.408. The van der Waals surface area contributed by atoms with E-state index in [2.05, 4.69) is 74.7 Å². The molecule has 0 saturated carbocycles. The first kappa shape index (κ1) is 25.6. The molecule has 1 aliphatic rings. The molecule has 30 heavy (non-hydrogen) atoms. The first-order valence-corrected chi connectivity index (χ1v) is 11.5. The average Bonchev–Trinajstić information content (AvgIpc) is 2.77. The van der Waals surface area contributed by atoms with E-state index in [1.165, 1.54) is 47.2 Å². The van der Waals surface area contributed by atoms with Crippen LogP contribution in [0.2, 0.25) is 0 Å². The minimum atomic E-state index is 0.605. The Morgan fingerprint density at radius 1 is 1.10 bits per heavy atom. The van der Waals surface area contributed by atoms with Gasteiger partial charge in [0.15, 0.2) is 0 Å². The van der Waals surface area contributed by atoms with Crippen LogP contribution in [0.4, 0.5) is 5.69 Å². The first-order valence-electron chi connectivity index (χ1n) is 11.5. The van der Waals surface area contributed by atoms with Crippen LogP contribution in [0.3, 0.4) is 0 Å². The standard InChI is InChI=1S/C21H27N3.C4H10.C2H6/c1-16-7-4-5-8-20(16)15-24-12-6-9-19-13-18(10-11-21(19)24)14-23(3)17(2)22;1-3-4-2;1-2/h4-5,7-8,10-11,13H,2,6,9,12,14-15,22H2,1,3H3;3-4H2,1-2H3;1-2H3. The molecule has 0 aliphatic carbocycles. The number of aryl methyl sites for hydroxylation is 2. The van der Waals surface area contributed by atoms with Crippen molar-refractivity contribution in [2.75, 3.05) is 18.5 Å². The van der Waals surface area contributed by atoms with Gasteiger partial charge in [0, 0.05) is 32.4 Å². The molecule has 0 amide bonds. The smallest absolute Gasteiger partial charge is 0.0912 e. The van der Waals surface area contributed by atoms with Crippen molar-refractivity contribution in [3.63, 3.8) is 0 Å². The highest BCUT2D eigenvalue weighted by Gasteiger charge is 2.18. The second kappa shape index (κ2) is 13.7. The van der Waals surface area contributed by atoms with Crippen LogP contribution in [0.1, 0.15) is 69.2 Å². The molecule has 1 aliphatic heterocycles. The van der Waals surface area contributed by atoms with Crippen molar-refractivity contribution < 1.29 is 0 Å². The fourth-order valence-electron chi connectivity index (χ4n) is 3.36. The van der Waals surface area contributed by atoms with E-state index in [1.54, 1.807) is 0 Å². The topological polar surface area (TPSA) is 32.5 Å². The van der Waals surface area contributed by atoms with Crippen molar-refractivity contribution in [2.24, 2.45) is 5.73 Å². The van der Waals surface area contributed by atoms with E-state index in [4.69, 9.17) is 5.73 Å². The van der Waals surface area contributed by atoms with Crippen molar-refractivity contribution in [3.8, 4) is 0 Å². The predicted octanol–water partition coefficient (Wildman–Crippen LogP) is 6.64. The molecule has 0 atom stereocenters. The zero-order valence-corrected chi connectivity index (χ0v) is 20.2. The van der Waals surface area contributed by atoms with Crippen molar-refractivity contribution in [3.05, 3.63) is 77.1 Å². The molecule has 166 valence electrons. The van der Waals surface area contributed by atoms with Gasteiger partial charge in [0.1, 0.15) is 0 Å². The van der Waals surface area contributed by atoms with Gasteiger partial charge in [0.2, 0.25) is 0 Å². The third-order valence-corrected chi connectivity index (χ3v) is 5.39. The number of nitrogens with zero attached hydrogens (tertiary/aromatic N) is 2. The third kappa shape index (κ3) is 7.78. The van der Waals surface area contributed by atoms with Crippen LogP contribution >= 0.6 is 0 Å². The van der Waals surface area contributed by atoms with E-state index >= 15 is 0 Å². The van der Waals surface area contributed by atoms with Crippen molar-refractivity contribution >= 4 is 5.69 Å². The molecule has 3 rings (SSSR count). The fraction of sp³-hybridized carbons (Fsp3) is 0.481. The molecule has 0 radical (unpaired) electrons. The van der Waals surface area contributed by atoms with E-state index in [-0.39, 0.29) is 0 Å². The highest BCUT2D eigenvalue weighted by Crippen LogP contribution is 2.30. The maximum Gasteiger partial charge on any atom is 0.0912 e. The Labute approximate surface area is 185 Å². The molecule has 0 saturated heterocycles.